The summed E-state index contributed by atoms with van der Waals surface area (Å²) >= 11 is 5.80. The molecule has 108 valence electrons. The standard InChI is InChI=1S/C16H13ClF2N2/c17-9-8-15-20-16-13(19)2-1-3-14(16)21(15)10-11-4-6-12(18)7-5-11/h1-7H,8-10H2. The minimum atomic E-state index is -0.346. The van der Waals surface area contributed by atoms with Crippen LogP contribution in [0.4, 0.5) is 8.78 Å². The van der Waals surface area contributed by atoms with Gasteiger partial charge in [0.1, 0.15) is 17.2 Å². The molecule has 21 heavy (non-hydrogen) atoms. The molecule has 1 aromatic heterocycles. The van der Waals surface area contributed by atoms with Crippen molar-refractivity contribution in [2.75, 3.05) is 5.88 Å². The zero-order chi connectivity index (χ0) is 14.8. The van der Waals surface area contributed by atoms with E-state index < -0.39 is 0 Å². The number of hydrogen-bond acceptors (Lipinski definition) is 1. The Morgan fingerprint density at radius 2 is 1.81 bits per heavy atom. The molecule has 0 spiro atoms. The van der Waals surface area contributed by atoms with Crippen molar-refractivity contribution in [3.63, 3.8) is 0 Å². The first-order chi connectivity index (χ1) is 10.2. The van der Waals surface area contributed by atoms with Gasteiger partial charge in [-0.15, -0.1) is 11.6 Å². The number of fused-ring (bicyclic) bond motifs is 1. The van der Waals surface area contributed by atoms with Crippen molar-refractivity contribution in [1.29, 1.82) is 0 Å². The number of para-hydroxylation sites is 1. The van der Waals surface area contributed by atoms with E-state index in [9.17, 15) is 8.78 Å². The van der Waals surface area contributed by atoms with Crippen LogP contribution in [0.25, 0.3) is 11.0 Å². The summed E-state index contributed by atoms with van der Waals surface area (Å²) in [6, 6.07) is 11.1. The summed E-state index contributed by atoms with van der Waals surface area (Å²) in [7, 11) is 0. The Balaban J connectivity index is 2.08. The van der Waals surface area contributed by atoms with Gasteiger partial charge < -0.3 is 4.57 Å². The Morgan fingerprint density at radius 3 is 2.52 bits per heavy atom. The van der Waals surface area contributed by atoms with Crippen LogP contribution in [0.1, 0.15) is 11.4 Å². The van der Waals surface area contributed by atoms with Crippen LogP contribution in [-0.4, -0.2) is 15.4 Å². The lowest BCUT2D eigenvalue weighted by Crippen LogP contribution is -2.06. The van der Waals surface area contributed by atoms with Crippen LogP contribution in [0.15, 0.2) is 42.5 Å². The summed E-state index contributed by atoms with van der Waals surface area (Å²) in [6.45, 7) is 0.506. The minimum Gasteiger partial charge on any atom is -0.323 e. The van der Waals surface area contributed by atoms with Gasteiger partial charge in [-0.2, -0.15) is 0 Å². The summed E-state index contributed by atoms with van der Waals surface area (Å²) in [6.07, 6.45) is 0.552. The number of hydrogen-bond donors (Lipinski definition) is 0. The topological polar surface area (TPSA) is 17.8 Å². The summed E-state index contributed by atoms with van der Waals surface area (Å²) in [5.74, 6) is 0.519. The highest BCUT2D eigenvalue weighted by molar-refractivity contribution is 6.17. The molecule has 0 amide bonds. The number of rotatable bonds is 4. The summed E-state index contributed by atoms with van der Waals surface area (Å²) < 4.78 is 28.8. The van der Waals surface area contributed by atoms with Crippen LogP contribution in [0.2, 0.25) is 0 Å². The molecule has 0 saturated heterocycles. The molecule has 3 rings (SSSR count). The van der Waals surface area contributed by atoms with E-state index in [0.717, 1.165) is 16.9 Å². The van der Waals surface area contributed by atoms with Crippen molar-refractivity contribution in [3.05, 3.63) is 65.5 Å². The number of benzene rings is 2. The maximum Gasteiger partial charge on any atom is 0.151 e. The van der Waals surface area contributed by atoms with Gasteiger partial charge in [-0.05, 0) is 29.8 Å². The highest BCUT2D eigenvalue weighted by Crippen LogP contribution is 2.21. The van der Waals surface area contributed by atoms with E-state index in [1.165, 1.54) is 18.2 Å². The van der Waals surface area contributed by atoms with E-state index in [1.807, 2.05) is 10.6 Å². The van der Waals surface area contributed by atoms with E-state index in [2.05, 4.69) is 4.98 Å². The minimum absolute atomic E-state index is 0.277. The van der Waals surface area contributed by atoms with E-state index in [1.54, 1.807) is 18.2 Å². The van der Waals surface area contributed by atoms with Gasteiger partial charge in [-0.25, -0.2) is 13.8 Å². The van der Waals surface area contributed by atoms with Gasteiger partial charge in [-0.3, -0.25) is 0 Å². The van der Waals surface area contributed by atoms with Gasteiger partial charge in [0.05, 0.1) is 5.52 Å². The van der Waals surface area contributed by atoms with Crippen molar-refractivity contribution in [2.45, 2.75) is 13.0 Å². The van der Waals surface area contributed by atoms with Gasteiger partial charge in [0, 0.05) is 18.8 Å². The maximum atomic E-state index is 13.9. The van der Waals surface area contributed by atoms with Gasteiger partial charge in [0.25, 0.3) is 0 Å². The molecule has 0 atom stereocenters. The smallest absolute Gasteiger partial charge is 0.151 e. The Labute approximate surface area is 126 Å². The zero-order valence-electron chi connectivity index (χ0n) is 11.2. The predicted molar refractivity (Wildman–Crippen MR) is 79.6 cm³/mol. The molecule has 0 bridgehead atoms. The summed E-state index contributed by atoms with van der Waals surface area (Å²) in [5.41, 5.74) is 2.00. The number of alkyl halides is 1. The molecule has 5 heteroatoms. The number of imidazole rings is 1. The first-order valence-electron chi connectivity index (χ1n) is 6.63. The molecular weight excluding hydrogens is 294 g/mol. The Bertz CT molecular complexity index is 766. The molecule has 0 fully saturated rings. The lowest BCUT2D eigenvalue weighted by atomic mass is 10.2. The summed E-state index contributed by atoms with van der Waals surface area (Å²) in [5, 5.41) is 0. The van der Waals surface area contributed by atoms with Gasteiger partial charge in [0.15, 0.2) is 5.82 Å². The van der Waals surface area contributed by atoms with Gasteiger partial charge >= 0.3 is 0 Å². The first kappa shape index (κ1) is 14.0. The molecule has 3 aromatic rings. The van der Waals surface area contributed by atoms with Crippen molar-refractivity contribution in [3.8, 4) is 0 Å². The average molecular weight is 307 g/mol. The fraction of sp³-hybridized carbons (Fsp3) is 0.188. The molecule has 1 heterocycles. The van der Waals surface area contributed by atoms with Crippen LogP contribution in [-0.2, 0) is 13.0 Å². The van der Waals surface area contributed by atoms with Crippen LogP contribution < -0.4 is 0 Å². The van der Waals surface area contributed by atoms with Crippen LogP contribution in [0, 0.1) is 11.6 Å². The van der Waals surface area contributed by atoms with Crippen molar-refractivity contribution in [1.82, 2.24) is 9.55 Å². The maximum absolute atomic E-state index is 13.9. The number of nitrogens with zero attached hydrogens (tertiary/aromatic N) is 2. The number of halogens is 3. The molecule has 0 radical (unpaired) electrons. The fourth-order valence-electron chi connectivity index (χ4n) is 2.39. The third kappa shape index (κ3) is 2.76. The fourth-order valence-corrected chi connectivity index (χ4v) is 2.55. The van der Waals surface area contributed by atoms with Crippen LogP contribution in [0.5, 0.6) is 0 Å². The Hall–Kier alpha value is -1.94. The van der Waals surface area contributed by atoms with Gasteiger partial charge in [-0.1, -0.05) is 18.2 Å². The normalized spacial score (nSPS) is 11.2. The lowest BCUT2D eigenvalue weighted by Gasteiger charge is -2.08. The van der Waals surface area contributed by atoms with E-state index >= 15 is 0 Å². The average Bonchev–Trinajstić information content (AvgIpc) is 2.82. The lowest BCUT2D eigenvalue weighted by molar-refractivity contribution is 0.626. The molecule has 2 nitrogen and oxygen atoms in total. The first-order valence-corrected chi connectivity index (χ1v) is 7.16. The molecular formula is C16H13ClF2N2. The van der Waals surface area contributed by atoms with Crippen LogP contribution in [0.3, 0.4) is 0 Å². The molecule has 0 aliphatic heterocycles. The molecule has 0 aliphatic carbocycles. The van der Waals surface area contributed by atoms with E-state index in [-0.39, 0.29) is 11.6 Å². The molecule has 0 aliphatic rings. The van der Waals surface area contributed by atoms with Crippen LogP contribution >= 0.6 is 11.6 Å². The molecule has 2 aromatic carbocycles. The SMILES string of the molecule is Fc1ccc(Cn2c(CCCl)nc3c(F)cccc32)cc1. The second-order valence-corrected chi connectivity index (χ2v) is 5.17. The predicted octanol–water partition coefficient (Wildman–Crippen LogP) is 4.14. The Kier molecular flexibility index (Phi) is 3.88. The van der Waals surface area contributed by atoms with E-state index in [4.69, 9.17) is 11.6 Å². The highest BCUT2D eigenvalue weighted by Gasteiger charge is 2.13. The largest absolute Gasteiger partial charge is 0.323 e. The zero-order valence-corrected chi connectivity index (χ0v) is 11.9. The van der Waals surface area contributed by atoms with Gasteiger partial charge in [0.2, 0.25) is 0 Å². The second kappa shape index (κ2) is 5.82. The van der Waals surface area contributed by atoms with Crippen molar-refractivity contribution >= 4 is 22.6 Å². The molecule has 0 N–H and O–H groups in total. The van der Waals surface area contributed by atoms with Crippen molar-refractivity contribution in [2.24, 2.45) is 0 Å². The van der Waals surface area contributed by atoms with E-state index in [0.29, 0.717) is 24.4 Å². The third-order valence-electron chi connectivity index (χ3n) is 3.38. The Morgan fingerprint density at radius 1 is 1.05 bits per heavy atom. The summed E-state index contributed by atoms with van der Waals surface area (Å²) in [4.78, 5) is 4.35. The molecule has 0 saturated carbocycles. The number of aromatic nitrogens is 2. The highest BCUT2D eigenvalue weighted by atomic mass is 35.5. The van der Waals surface area contributed by atoms with Crippen molar-refractivity contribution < 1.29 is 8.78 Å². The number of aryl methyl sites for hydroxylation is 1. The second-order valence-electron chi connectivity index (χ2n) is 4.79. The quantitative estimate of drug-likeness (QED) is 0.662. The molecule has 0 unspecified atom stereocenters. The third-order valence-corrected chi connectivity index (χ3v) is 3.57. The monoisotopic (exact) mass is 306 g/mol.